The van der Waals surface area contributed by atoms with E-state index >= 15 is 0 Å². The molecule has 3 heteroatoms. The van der Waals surface area contributed by atoms with Crippen LogP contribution in [-0.2, 0) is 5.41 Å². The quantitative estimate of drug-likeness (QED) is 0.635. The van der Waals surface area contributed by atoms with Gasteiger partial charge in [0.05, 0.1) is 11.7 Å². The van der Waals surface area contributed by atoms with Crippen molar-refractivity contribution in [2.75, 3.05) is 0 Å². The Bertz CT molecular complexity index is 452. The highest BCUT2D eigenvalue weighted by Gasteiger charge is 2.17. The molecule has 14 heavy (non-hydrogen) atoms. The van der Waals surface area contributed by atoms with Crippen molar-refractivity contribution in [3.05, 3.63) is 30.4 Å². The maximum Gasteiger partial charge on any atom is 0.107 e. The molecular weight excluding hydrogens is 174 g/mol. The molecule has 3 nitrogen and oxygen atoms in total. The summed E-state index contributed by atoms with van der Waals surface area (Å²) in [5.74, 6) is 0. The Morgan fingerprint density at radius 2 is 1.71 bits per heavy atom. The average molecular weight is 187 g/mol. The Labute approximate surface area is 83.2 Å². The van der Waals surface area contributed by atoms with Crippen LogP contribution in [0.5, 0.6) is 0 Å². The lowest BCUT2D eigenvalue weighted by atomic mass is 9.87. The Hall–Kier alpha value is -1.51. The van der Waals surface area contributed by atoms with Crippen LogP contribution in [0.15, 0.2) is 24.8 Å². The second-order valence-corrected chi connectivity index (χ2v) is 4.36. The summed E-state index contributed by atoms with van der Waals surface area (Å²) in [5.41, 5.74) is 3.01. The van der Waals surface area contributed by atoms with E-state index in [4.69, 9.17) is 0 Å². The Morgan fingerprint density at radius 1 is 1.00 bits per heavy atom. The van der Waals surface area contributed by atoms with E-state index in [0.29, 0.717) is 0 Å². The van der Waals surface area contributed by atoms with E-state index in [1.165, 1.54) is 0 Å². The molecule has 0 amide bonds. The van der Waals surface area contributed by atoms with Crippen molar-refractivity contribution in [2.45, 2.75) is 26.2 Å². The zero-order valence-corrected chi connectivity index (χ0v) is 8.65. The molecule has 2 heterocycles. The molecule has 2 aromatic rings. The van der Waals surface area contributed by atoms with E-state index in [-0.39, 0.29) is 5.41 Å². The highest BCUT2D eigenvalue weighted by atomic mass is 14.8. The first-order valence-corrected chi connectivity index (χ1v) is 4.64. The van der Waals surface area contributed by atoms with Crippen LogP contribution in [0.1, 0.15) is 26.3 Å². The van der Waals surface area contributed by atoms with Crippen LogP contribution in [0.25, 0.3) is 11.0 Å². The first-order valence-electron chi connectivity index (χ1n) is 4.64. The molecule has 0 unspecified atom stereocenters. The SMILES string of the molecule is CC(C)(C)c1cncc2nccnc12. The normalized spacial score (nSPS) is 11.9. The van der Waals surface area contributed by atoms with Crippen molar-refractivity contribution >= 4 is 11.0 Å². The van der Waals surface area contributed by atoms with Gasteiger partial charge in [0.15, 0.2) is 0 Å². The third-order valence-electron chi connectivity index (χ3n) is 2.19. The lowest BCUT2D eigenvalue weighted by Crippen LogP contribution is -2.12. The third kappa shape index (κ3) is 1.45. The minimum atomic E-state index is 0.0581. The van der Waals surface area contributed by atoms with Gasteiger partial charge in [-0.2, -0.15) is 0 Å². The van der Waals surface area contributed by atoms with Crippen LogP contribution < -0.4 is 0 Å². The van der Waals surface area contributed by atoms with E-state index in [1.54, 1.807) is 18.6 Å². The molecule has 0 spiro atoms. The van der Waals surface area contributed by atoms with Crippen molar-refractivity contribution in [1.29, 1.82) is 0 Å². The van der Waals surface area contributed by atoms with Crippen molar-refractivity contribution in [2.24, 2.45) is 0 Å². The fourth-order valence-corrected chi connectivity index (χ4v) is 1.44. The molecule has 0 radical (unpaired) electrons. The maximum absolute atomic E-state index is 4.35. The number of hydrogen-bond donors (Lipinski definition) is 0. The average Bonchev–Trinajstić information content (AvgIpc) is 2.15. The van der Waals surface area contributed by atoms with E-state index in [1.807, 2.05) is 6.20 Å². The van der Waals surface area contributed by atoms with Crippen LogP contribution >= 0.6 is 0 Å². The van der Waals surface area contributed by atoms with Crippen LogP contribution in [0.3, 0.4) is 0 Å². The third-order valence-corrected chi connectivity index (χ3v) is 2.19. The number of nitrogens with zero attached hydrogens (tertiary/aromatic N) is 3. The van der Waals surface area contributed by atoms with Crippen molar-refractivity contribution in [3.8, 4) is 0 Å². The standard InChI is InChI=1S/C11H13N3/c1-11(2,3)8-6-12-7-9-10(8)14-5-4-13-9/h4-7H,1-3H3. The summed E-state index contributed by atoms with van der Waals surface area (Å²) in [4.78, 5) is 12.8. The first kappa shape index (κ1) is 9.06. The topological polar surface area (TPSA) is 38.7 Å². The zero-order chi connectivity index (χ0) is 10.2. The van der Waals surface area contributed by atoms with Gasteiger partial charge in [-0.3, -0.25) is 15.0 Å². The summed E-state index contributed by atoms with van der Waals surface area (Å²) in [5, 5.41) is 0. The van der Waals surface area contributed by atoms with Crippen molar-refractivity contribution in [3.63, 3.8) is 0 Å². The summed E-state index contributed by atoms with van der Waals surface area (Å²) in [6.07, 6.45) is 7.03. The summed E-state index contributed by atoms with van der Waals surface area (Å²) in [6, 6.07) is 0. The van der Waals surface area contributed by atoms with Gasteiger partial charge in [0.2, 0.25) is 0 Å². The number of rotatable bonds is 0. The smallest absolute Gasteiger partial charge is 0.107 e. The van der Waals surface area contributed by atoms with Gasteiger partial charge in [-0.05, 0) is 5.41 Å². The second-order valence-electron chi connectivity index (χ2n) is 4.36. The lowest BCUT2D eigenvalue weighted by Gasteiger charge is -2.19. The molecule has 0 N–H and O–H groups in total. The van der Waals surface area contributed by atoms with Crippen LogP contribution in [0.4, 0.5) is 0 Å². The van der Waals surface area contributed by atoms with Crippen LogP contribution in [-0.4, -0.2) is 15.0 Å². The van der Waals surface area contributed by atoms with Gasteiger partial charge in [0, 0.05) is 24.2 Å². The summed E-state index contributed by atoms with van der Waals surface area (Å²) < 4.78 is 0. The zero-order valence-electron chi connectivity index (χ0n) is 8.65. The van der Waals surface area contributed by atoms with Crippen LogP contribution in [0.2, 0.25) is 0 Å². The summed E-state index contributed by atoms with van der Waals surface area (Å²) in [6.45, 7) is 6.45. The van der Waals surface area contributed by atoms with Gasteiger partial charge >= 0.3 is 0 Å². The minimum absolute atomic E-state index is 0.0581. The van der Waals surface area contributed by atoms with Gasteiger partial charge in [-0.15, -0.1) is 0 Å². The van der Waals surface area contributed by atoms with Gasteiger partial charge in [0.1, 0.15) is 5.52 Å². The summed E-state index contributed by atoms with van der Waals surface area (Å²) >= 11 is 0. The van der Waals surface area contributed by atoms with Crippen molar-refractivity contribution < 1.29 is 0 Å². The Kier molecular flexibility index (Phi) is 1.95. The highest BCUT2D eigenvalue weighted by Crippen LogP contribution is 2.26. The molecule has 0 atom stereocenters. The highest BCUT2D eigenvalue weighted by molar-refractivity contribution is 5.77. The van der Waals surface area contributed by atoms with E-state index in [9.17, 15) is 0 Å². The van der Waals surface area contributed by atoms with E-state index < -0.39 is 0 Å². The molecule has 0 aliphatic carbocycles. The van der Waals surface area contributed by atoms with Gasteiger partial charge in [0.25, 0.3) is 0 Å². The molecule has 0 aromatic carbocycles. The second kappa shape index (κ2) is 3.01. The Morgan fingerprint density at radius 3 is 2.43 bits per heavy atom. The molecule has 72 valence electrons. The number of fused-ring (bicyclic) bond motifs is 1. The summed E-state index contributed by atoms with van der Waals surface area (Å²) in [7, 11) is 0. The van der Waals surface area contributed by atoms with Crippen molar-refractivity contribution in [1.82, 2.24) is 15.0 Å². The monoisotopic (exact) mass is 187 g/mol. The molecule has 0 bridgehead atoms. The van der Waals surface area contributed by atoms with Crippen LogP contribution in [0, 0.1) is 0 Å². The first-order chi connectivity index (χ1) is 6.59. The van der Waals surface area contributed by atoms with Gasteiger partial charge in [-0.1, -0.05) is 20.8 Å². The van der Waals surface area contributed by atoms with E-state index in [2.05, 4.69) is 35.7 Å². The van der Waals surface area contributed by atoms with E-state index in [0.717, 1.165) is 16.6 Å². The molecule has 0 aliphatic rings. The molecule has 0 aliphatic heterocycles. The predicted octanol–water partition coefficient (Wildman–Crippen LogP) is 2.32. The number of pyridine rings is 1. The predicted molar refractivity (Wildman–Crippen MR) is 56.0 cm³/mol. The maximum atomic E-state index is 4.35. The lowest BCUT2D eigenvalue weighted by molar-refractivity contribution is 0.592. The molecule has 0 fully saturated rings. The molecule has 2 aromatic heterocycles. The number of aromatic nitrogens is 3. The van der Waals surface area contributed by atoms with Gasteiger partial charge in [-0.25, -0.2) is 0 Å². The molecule has 2 rings (SSSR count). The minimum Gasteiger partial charge on any atom is -0.262 e. The largest absolute Gasteiger partial charge is 0.262 e. The fourth-order valence-electron chi connectivity index (χ4n) is 1.44. The molecular formula is C11H13N3. The fraction of sp³-hybridized carbons (Fsp3) is 0.364. The van der Waals surface area contributed by atoms with Gasteiger partial charge < -0.3 is 0 Å². The number of hydrogen-bond acceptors (Lipinski definition) is 3. The Balaban J connectivity index is 2.78. The molecule has 0 saturated heterocycles. The molecule has 0 saturated carbocycles.